The van der Waals surface area contributed by atoms with Gasteiger partial charge >= 0.3 is 5.97 Å². The molecule has 126 valence electrons. The van der Waals surface area contributed by atoms with Gasteiger partial charge in [0.15, 0.2) is 0 Å². The Hall–Kier alpha value is -2.44. The first-order valence-corrected chi connectivity index (χ1v) is 7.57. The number of hydrogen-bond acceptors (Lipinski definition) is 5. The van der Waals surface area contributed by atoms with E-state index < -0.39 is 16.8 Å². The molecule has 0 aliphatic heterocycles. The molecule has 23 heavy (non-hydrogen) atoms. The Morgan fingerprint density at radius 3 is 2.48 bits per heavy atom. The highest BCUT2D eigenvalue weighted by Crippen LogP contribution is 2.18. The number of nitro benzene ring substituents is 1. The molecule has 1 aromatic rings. The van der Waals surface area contributed by atoms with Crippen LogP contribution >= 0.6 is 0 Å². The van der Waals surface area contributed by atoms with Crippen LogP contribution in [0.3, 0.4) is 0 Å². The predicted octanol–water partition coefficient (Wildman–Crippen LogP) is 3.08. The zero-order valence-electron chi connectivity index (χ0n) is 13.6. The van der Waals surface area contributed by atoms with E-state index in [9.17, 15) is 19.7 Å². The maximum Gasteiger partial charge on any atom is 0.338 e. The summed E-state index contributed by atoms with van der Waals surface area (Å²) in [6.45, 7) is 3.98. The van der Waals surface area contributed by atoms with Crippen molar-refractivity contribution in [3.05, 3.63) is 39.4 Å². The molecule has 1 atom stereocenters. The lowest BCUT2D eigenvalue weighted by molar-refractivity contribution is -0.384. The number of hydrogen-bond donors (Lipinski definition) is 1. The van der Waals surface area contributed by atoms with E-state index in [0.717, 1.165) is 37.8 Å². The molecule has 7 nitrogen and oxygen atoms in total. The highest BCUT2D eigenvalue weighted by molar-refractivity contribution is 5.99. The van der Waals surface area contributed by atoms with Crippen molar-refractivity contribution >= 4 is 17.6 Å². The summed E-state index contributed by atoms with van der Waals surface area (Å²) in [5, 5.41) is 13.7. The number of methoxy groups -OCH3 is 1. The number of nitro groups is 1. The number of nitrogens with one attached hydrogen (secondary N) is 1. The van der Waals surface area contributed by atoms with Gasteiger partial charge in [-0.3, -0.25) is 14.9 Å². The van der Waals surface area contributed by atoms with E-state index in [0.29, 0.717) is 0 Å². The van der Waals surface area contributed by atoms with E-state index in [1.807, 2.05) is 6.92 Å². The van der Waals surface area contributed by atoms with Crippen molar-refractivity contribution in [1.82, 2.24) is 5.32 Å². The van der Waals surface area contributed by atoms with E-state index in [2.05, 4.69) is 17.0 Å². The Bertz CT molecular complexity index is 586. The summed E-state index contributed by atoms with van der Waals surface area (Å²) in [6.07, 6.45) is 4.01. The number of ether oxygens (including phenoxy) is 1. The lowest BCUT2D eigenvalue weighted by Crippen LogP contribution is -2.32. The van der Waals surface area contributed by atoms with E-state index in [-0.39, 0.29) is 22.9 Å². The molecule has 0 aliphatic rings. The zero-order valence-corrected chi connectivity index (χ0v) is 13.6. The minimum absolute atomic E-state index is 0.0227. The standard InChI is InChI=1S/C16H22N2O5/c1-4-5-6-7-11(2)17-15(19)12-8-13(16(20)23-3)10-14(9-12)18(21)22/h8-11H,4-7H2,1-3H3,(H,17,19). The molecule has 7 heteroatoms. The van der Waals surface area contributed by atoms with Gasteiger partial charge in [0.05, 0.1) is 17.6 Å². The topological polar surface area (TPSA) is 98.5 Å². The average Bonchev–Trinajstić information content (AvgIpc) is 2.53. The molecule has 0 fully saturated rings. The van der Waals surface area contributed by atoms with Gasteiger partial charge in [-0.25, -0.2) is 4.79 Å². The molecule has 0 aromatic heterocycles. The van der Waals surface area contributed by atoms with Crippen molar-refractivity contribution in [1.29, 1.82) is 0 Å². The maximum absolute atomic E-state index is 12.2. The Morgan fingerprint density at radius 1 is 1.26 bits per heavy atom. The van der Waals surface area contributed by atoms with Crippen LogP contribution in [0.2, 0.25) is 0 Å². The molecule has 0 spiro atoms. The number of carbonyl (C=O) groups excluding carboxylic acids is 2. The molecule has 0 aliphatic carbocycles. The van der Waals surface area contributed by atoms with Gasteiger partial charge in [0.25, 0.3) is 11.6 Å². The Morgan fingerprint density at radius 2 is 1.91 bits per heavy atom. The van der Waals surface area contributed by atoms with Crippen LogP contribution in [0.5, 0.6) is 0 Å². The van der Waals surface area contributed by atoms with Crippen molar-refractivity contribution in [2.75, 3.05) is 7.11 Å². The Labute approximate surface area is 135 Å². The summed E-state index contributed by atoms with van der Waals surface area (Å²) >= 11 is 0. The lowest BCUT2D eigenvalue weighted by atomic mass is 10.1. The van der Waals surface area contributed by atoms with Crippen molar-refractivity contribution in [2.45, 2.75) is 45.6 Å². The number of benzene rings is 1. The summed E-state index contributed by atoms with van der Waals surface area (Å²) < 4.78 is 4.56. The number of rotatable bonds is 8. The second-order valence-electron chi connectivity index (χ2n) is 5.39. The monoisotopic (exact) mass is 322 g/mol. The molecule has 1 N–H and O–H groups in total. The quantitative estimate of drug-likeness (QED) is 0.343. The van der Waals surface area contributed by atoms with E-state index in [1.165, 1.54) is 13.2 Å². The molecule has 0 saturated carbocycles. The number of nitrogens with zero attached hydrogens (tertiary/aromatic N) is 1. The fourth-order valence-electron chi connectivity index (χ4n) is 2.16. The summed E-state index contributed by atoms with van der Waals surface area (Å²) in [5.41, 5.74) is -0.274. The smallest absolute Gasteiger partial charge is 0.338 e. The second kappa shape index (κ2) is 8.87. The SMILES string of the molecule is CCCCCC(C)NC(=O)c1cc(C(=O)OC)cc([N+](=O)[O-])c1. The molecular formula is C16H22N2O5. The fraction of sp³-hybridized carbons (Fsp3) is 0.500. The maximum atomic E-state index is 12.2. The Balaban J connectivity index is 2.92. The third kappa shape index (κ3) is 5.69. The van der Waals surface area contributed by atoms with Crippen molar-refractivity contribution in [3.63, 3.8) is 0 Å². The largest absolute Gasteiger partial charge is 0.465 e. The average molecular weight is 322 g/mol. The minimum Gasteiger partial charge on any atom is -0.465 e. The van der Waals surface area contributed by atoms with Gasteiger partial charge in [0.1, 0.15) is 0 Å². The summed E-state index contributed by atoms with van der Waals surface area (Å²) in [6, 6.07) is 3.50. The third-order valence-corrected chi connectivity index (χ3v) is 3.43. The first-order chi connectivity index (χ1) is 10.9. The normalized spacial score (nSPS) is 11.6. The lowest BCUT2D eigenvalue weighted by Gasteiger charge is -2.14. The number of amides is 1. The molecule has 1 unspecified atom stereocenters. The predicted molar refractivity (Wildman–Crippen MR) is 85.5 cm³/mol. The molecule has 0 bridgehead atoms. The third-order valence-electron chi connectivity index (χ3n) is 3.43. The highest BCUT2D eigenvalue weighted by Gasteiger charge is 2.19. The number of esters is 1. The zero-order chi connectivity index (χ0) is 17.4. The van der Waals surface area contributed by atoms with Crippen LogP contribution in [0, 0.1) is 10.1 Å². The molecule has 0 radical (unpaired) electrons. The van der Waals surface area contributed by atoms with Gasteiger partial charge in [0.2, 0.25) is 0 Å². The number of non-ortho nitro benzene ring substituents is 1. The second-order valence-corrected chi connectivity index (χ2v) is 5.39. The van der Waals surface area contributed by atoms with Crippen LogP contribution in [-0.4, -0.2) is 30.0 Å². The van der Waals surface area contributed by atoms with Crippen LogP contribution in [0.1, 0.15) is 60.2 Å². The van der Waals surface area contributed by atoms with Crippen LogP contribution in [-0.2, 0) is 4.74 Å². The van der Waals surface area contributed by atoms with E-state index in [1.54, 1.807) is 0 Å². The van der Waals surface area contributed by atoms with Crippen LogP contribution in [0.15, 0.2) is 18.2 Å². The van der Waals surface area contributed by atoms with Crippen molar-refractivity contribution in [3.8, 4) is 0 Å². The summed E-state index contributed by atoms with van der Waals surface area (Å²) in [7, 11) is 1.18. The minimum atomic E-state index is -0.723. The summed E-state index contributed by atoms with van der Waals surface area (Å²) in [4.78, 5) is 34.1. The van der Waals surface area contributed by atoms with Gasteiger partial charge in [-0.2, -0.15) is 0 Å². The van der Waals surface area contributed by atoms with E-state index >= 15 is 0 Å². The number of carbonyl (C=O) groups is 2. The molecule has 1 aromatic carbocycles. The fourth-order valence-corrected chi connectivity index (χ4v) is 2.16. The first-order valence-electron chi connectivity index (χ1n) is 7.57. The first kappa shape index (κ1) is 18.6. The Kier molecular flexibility index (Phi) is 7.18. The summed E-state index contributed by atoms with van der Waals surface area (Å²) in [5.74, 6) is -1.17. The molecule has 0 heterocycles. The van der Waals surface area contributed by atoms with Gasteiger partial charge < -0.3 is 10.1 Å². The van der Waals surface area contributed by atoms with Crippen LogP contribution < -0.4 is 5.32 Å². The van der Waals surface area contributed by atoms with Crippen LogP contribution in [0.25, 0.3) is 0 Å². The van der Waals surface area contributed by atoms with Crippen molar-refractivity contribution in [2.24, 2.45) is 0 Å². The molecule has 1 amide bonds. The molecular weight excluding hydrogens is 300 g/mol. The molecule has 1 rings (SSSR count). The van der Waals surface area contributed by atoms with Gasteiger partial charge in [-0.15, -0.1) is 0 Å². The number of unbranched alkanes of at least 4 members (excludes halogenated alkanes) is 2. The molecule has 0 saturated heterocycles. The van der Waals surface area contributed by atoms with Crippen LogP contribution in [0.4, 0.5) is 5.69 Å². The van der Waals surface area contributed by atoms with Gasteiger partial charge in [0, 0.05) is 23.7 Å². The van der Waals surface area contributed by atoms with E-state index in [4.69, 9.17) is 0 Å². The van der Waals surface area contributed by atoms with Gasteiger partial charge in [-0.1, -0.05) is 26.2 Å². The van der Waals surface area contributed by atoms with Gasteiger partial charge in [-0.05, 0) is 19.4 Å². The van der Waals surface area contributed by atoms with Crippen molar-refractivity contribution < 1.29 is 19.2 Å². The highest BCUT2D eigenvalue weighted by atomic mass is 16.6.